The lowest BCUT2D eigenvalue weighted by Gasteiger charge is -2.56. The molecular weight excluding hydrogens is 296 g/mol. The van der Waals surface area contributed by atoms with Crippen molar-refractivity contribution in [3.63, 3.8) is 0 Å². The summed E-state index contributed by atoms with van der Waals surface area (Å²) in [6.45, 7) is 2.20. The highest BCUT2D eigenvalue weighted by atomic mass is 35.5. The zero-order chi connectivity index (χ0) is 15.5. The SMILES string of the molecule is C[C@]12CC[C@H]3[C@@H](CCC4=CC(=O)C=C[C@@]43CCl)[C@@H]1CCC2=O. The second kappa shape index (κ2) is 4.80. The number of halogens is 1. The van der Waals surface area contributed by atoms with Crippen molar-refractivity contribution in [3.8, 4) is 0 Å². The summed E-state index contributed by atoms with van der Waals surface area (Å²) in [5.74, 6) is 2.74. The van der Waals surface area contributed by atoms with Gasteiger partial charge in [-0.05, 0) is 62.0 Å². The van der Waals surface area contributed by atoms with Crippen LogP contribution in [0.4, 0.5) is 0 Å². The largest absolute Gasteiger partial charge is 0.299 e. The van der Waals surface area contributed by atoms with Crippen molar-refractivity contribution < 1.29 is 9.59 Å². The van der Waals surface area contributed by atoms with E-state index in [1.54, 1.807) is 6.08 Å². The van der Waals surface area contributed by atoms with Crippen LogP contribution in [0.1, 0.15) is 45.4 Å². The Morgan fingerprint density at radius 3 is 2.77 bits per heavy atom. The summed E-state index contributed by atoms with van der Waals surface area (Å²) >= 11 is 6.45. The van der Waals surface area contributed by atoms with E-state index in [1.165, 1.54) is 5.57 Å². The monoisotopic (exact) mass is 318 g/mol. The fraction of sp³-hybridized carbons (Fsp3) is 0.684. The van der Waals surface area contributed by atoms with Crippen molar-refractivity contribution in [2.75, 3.05) is 5.88 Å². The van der Waals surface area contributed by atoms with Crippen LogP contribution < -0.4 is 0 Å². The average molecular weight is 319 g/mol. The Balaban J connectivity index is 1.74. The van der Waals surface area contributed by atoms with Crippen molar-refractivity contribution >= 4 is 23.2 Å². The summed E-state index contributed by atoms with van der Waals surface area (Å²) in [5, 5.41) is 0. The highest BCUT2D eigenvalue weighted by molar-refractivity contribution is 6.19. The summed E-state index contributed by atoms with van der Waals surface area (Å²) in [7, 11) is 0. The molecule has 0 N–H and O–H groups in total. The Labute approximate surface area is 137 Å². The second-order valence-corrected chi connectivity index (χ2v) is 8.18. The van der Waals surface area contributed by atoms with Gasteiger partial charge >= 0.3 is 0 Å². The van der Waals surface area contributed by atoms with Gasteiger partial charge in [0.2, 0.25) is 0 Å². The Morgan fingerprint density at radius 2 is 2.00 bits per heavy atom. The summed E-state index contributed by atoms with van der Waals surface area (Å²) in [4.78, 5) is 24.1. The molecule has 22 heavy (non-hydrogen) atoms. The molecule has 0 heterocycles. The maximum Gasteiger partial charge on any atom is 0.178 e. The highest BCUT2D eigenvalue weighted by Gasteiger charge is 2.59. The van der Waals surface area contributed by atoms with Crippen LogP contribution in [0.5, 0.6) is 0 Å². The second-order valence-electron chi connectivity index (χ2n) is 7.91. The third kappa shape index (κ3) is 1.73. The zero-order valence-electron chi connectivity index (χ0n) is 13.1. The number of Topliss-reactive ketones (excluding diaryl/α,β-unsaturated/α-hetero) is 1. The number of rotatable bonds is 1. The Kier molecular flexibility index (Phi) is 3.21. The molecule has 4 aliphatic rings. The summed E-state index contributed by atoms with van der Waals surface area (Å²) < 4.78 is 0. The van der Waals surface area contributed by atoms with E-state index < -0.39 is 0 Å². The molecule has 4 aliphatic carbocycles. The third-order valence-corrected chi connectivity index (χ3v) is 7.68. The fourth-order valence-electron chi connectivity index (χ4n) is 6.01. The lowest BCUT2D eigenvalue weighted by atomic mass is 9.48. The molecule has 4 rings (SSSR count). The molecule has 5 atom stereocenters. The van der Waals surface area contributed by atoms with Gasteiger partial charge in [0.15, 0.2) is 5.78 Å². The summed E-state index contributed by atoms with van der Waals surface area (Å²) in [6, 6.07) is 0. The normalized spacial score (nSPS) is 46.8. The maximum atomic E-state index is 12.4. The molecule has 0 aromatic heterocycles. The van der Waals surface area contributed by atoms with Crippen LogP contribution >= 0.6 is 11.6 Å². The molecule has 0 aromatic rings. The minimum absolute atomic E-state index is 0.0932. The molecule has 0 aromatic carbocycles. The molecule has 0 saturated heterocycles. The third-order valence-electron chi connectivity index (χ3n) is 7.24. The van der Waals surface area contributed by atoms with Crippen molar-refractivity contribution in [1.82, 2.24) is 0 Å². The van der Waals surface area contributed by atoms with Crippen LogP contribution in [0, 0.1) is 28.6 Å². The molecule has 0 aliphatic heterocycles. The number of carbonyl (C=O) groups excluding carboxylic acids is 2. The van der Waals surface area contributed by atoms with Gasteiger partial charge in [-0.15, -0.1) is 11.6 Å². The number of hydrogen-bond donors (Lipinski definition) is 0. The van der Waals surface area contributed by atoms with E-state index in [-0.39, 0.29) is 16.6 Å². The van der Waals surface area contributed by atoms with Crippen LogP contribution in [-0.2, 0) is 9.59 Å². The molecule has 3 saturated carbocycles. The van der Waals surface area contributed by atoms with Gasteiger partial charge in [-0.2, -0.15) is 0 Å². The smallest absolute Gasteiger partial charge is 0.178 e. The van der Waals surface area contributed by atoms with Crippen molar-refractivity contribution in [2.45, 2.75) is 45.4 Å². The quantitative estimate of drug-likeness (QED) is 0.683. The van der Waals surface area contributed by atoms with E-state index in [0.29, 0.717) is 29.4 Å². The van der Waals surface area contributed by atoms with Gasteiger partial charge in [0.1, 0.15) is 5.78 Å². The predicted molar refractivity (Wildman–Crippen MR) is 86.7 cm³/mol. The fourth-order valence-corrected chi connectivity index (χ4v) is 6.47. The van der Waals surface area contributed by atoms with Crippen molar-refractivity contribution in [1.29, 1.82) is 0 Å². The average Bonchev–Trinajstić information content (AvgIpc) is 2.82. The minimum atomic E-state index is -0.134. The number of allylic oxidation sites excluding steroid dienone is 4. The molecule has 0 unspecified atom stereocenters. The van der Waals surface area contributed by atoms with Crippen molar-refractivity contribution in [3.05, 3.63) is 23.8 Å². The molecular formula is C19H23ClO2. The zero-order valence-corrected chi connectivity index (χ0v) is 13.9. The number of carbonyl (C=O) groups is 2. The van der Waals surface area contributed by atoms with Crippen molar-refractivity contribution in [2.24, 2.45) is 28.6 Å². The van der Waals surface area contributed by atoms with Gasteiger partial charge in [0, 0.05) is 23.1 Å². The van der Waals surface area contributed by atoms with Crippen LogP contribution in [-0.4, -0.2) is 17.4 Å². The lowest BCUT2D eigenvalue weighted by molar-refractivity contribution is -0.131. The number of ketones is 2. The Bertz CT molecular complexity index is 605. The molecule has 3 heteroatoms. The first-order valence-electron chi connectivity index (χ1n) is 8.55. The van der Waals surface area contributed by atoms with Gasteiger partial charge in [-0.1, -0.05) is 18.6 Å². The Morgan fingerprint density at radius 1 is 1.18 bits per heavy atom. The first-order valence-corrected chi connectivity index (χ1v) is 9.08. The van der Waals surface area contributed by atoms with Gasteiger partial charge in [-0.3, -0.25) is 9.59 Å². The molecule has 0 amide bonds. The highest BCUT2D eigenvalue weighted by Crippen LogP contribution is 2.63. The minimum Gasteiger partial charge on any atom is -0.299 e. The molecule has 118 valence electrons. The first kappa shape index (κ1) is 14.7. The van der Waals surface area contributed by atoms with Gasteiger partial charge < -0.3 is 0 Å². The number of fused-ring (bicyclic) bond motifs is 5. The van der Waals surface area contributed by atoms with Gasteiger partial charge in [0.25, 0.3) is 0 Å². The van der Waals surface area contributed by atoms with Gasteiger partial charge in [0.05, 0.1) is 0 Å². The predicted octanol–water partition coefficient (Wildman–Crippen LogP) is 4.08. The van der Waals surface area contributed by atoms with Crippen LogP contribution in [0.15, 0.2) is 23.8 Å². The van der Waals surface area contributed by atoms with E-state index in [2.05, 4.69) is 13.0 Å². The summed E-state index contributed by atoms with van der Waals surface area (Å²) in [6.07, 6.45) is 11.6. The topological polar surface area (TPSA) is 34.1 Å². The van der Waals surface area contributed by atoms with Crippen LogP contribution in [0.2, 0.25) is 0 Å². The molecule has 0 spiro atoms. The Hall–Kier alpha value is -0.890. The van der Waals surface area contributed by atoms with E-state index in [0.717, 1.165) is 38.5 Å². The molecule has 0 bridgehead atoms. The van der Waals surface area contributed by atoms with E-state index in [4.69, 9.17) is 11.6 Å². The lowest BCUT2D eigenvalue weighted by Crippen LogP contribution is -2.51. The van der Waals surface area contributed by atoms with E-state index in [1.807, 2.05) is 6.08 Å². The first-order chi connectivity index (χ1) is 10.5. The number of hydrogen-bond acceptors (Lipinski definition) is 2. The molecule has 3 fully saturated rings. The molecule has 2 nitrogen and oxygen atoms in total. The standard InChI is InChI=1S/C19H23ClO2/c1-18-8-7-16-14(15(18)4-5-17(18)22)3-2-12-10-13(21)6-9-19(12,16)11-20/h6,9-10,14-16H,2-5,7-8,11H2,1H3/t14-,15-,16-,18-,19+/m0/s1. The maximum absolute atomic E-state index is 12.4. The van der Waals surface area contributed by atoms with E-state index in [9.17, 15) is 9.59 Å². The summed E-state index contributed by atoms with van der Waals surface area (Å²) in [5.41, 5.74) is 1.01. The molecule has 0 radical (unpaired) electrons. The van der Waals surface area contributed by atoms with Crippen LogP contribution in [0.25, 0.3) is 0 Å². The van der Waals surface area contributed by atoms with Gasteiger partial charge in [-0.25, -0.2) is 0 Å². The van der Waals surface area contributed by atoms with E-state index >= 15 is 0 Å². The van der Waals surface area contributed by atoms with Crippen LogP contribution in [0.3, 0.4) is 0 Å². The number of alkyl halides is 1.